The number of hydrogen-bond donors (Lipinski definition) is 2. The van der Waals surface area contributed by atoms with Crippen LogP contribution < -0.4 is 10.6 Å². The number of amides is 1. The Morgan fingerprint density at radius 2 is 1.94 bits per heavy atom. The molecule has 1 saturated carbocycles. The summed E-state index contributed by atoms with van der Waals surface area (Å²) in [7, 11) is -2.87. The second-order valence-corrected chi connectivity index (χ2v) is 12.1. The number of fused-ring (bicyclic) bond motifs is 1. The minimum atomic E-state index is -2.87. The van der Waals surface area contributed by atoms with E-state index in [1.165, 1.54) is 0 Å². The highest BCUT2D eigenvalue weighted by Gasteiger charge is 2.25. The lowest BCUT2D eigenvalue weighted by atomic mass is 10.0. The van der Waals surface area contributed by atoms with Crippen LogP contribution in [0.15, 0.2) is 35.1 Å². The summed E-state index contributed by atoms with van der Waals surface area (Å²) in [6, 6.07) is 7.99. The molecule has 0 atom stereocenters. The molecule has 10 heteroatoms. The van der Waals surface area contributed by atoms with Gasteiger partial charge in [-0.1, -0.05) is 6.07 Å². The molecule has 5 rings (SSSR count). The molecule has 1 amide bonds. The van der Waals surface area contributed by atoms with Crippen LogP contribution >= 0.6 is 15.9 Å². The van der Waals surface area contributed by atoms with Gasteiger partial charge in [0.15, 0.2) is 5.65 Å². The first kappa shape index (κ1) is 22.3. The monoisotopic (exact) mass is 531 g/mol. The molecule has 1 aliphatic heterocycles. The van der Waals surface area contributed by atoms with Gasteiger partial charge in [-0.25, -0.2) is 17.9 Å². The molecular formula is C23H26BrN5O3S. The summed E-state index contributed by atoms with van der Waals surface area (Å²) in [5, 5.41) is 11.1. The van der Waals surface area contributed by atoms with Gasteiger partial charge in [-0.2, -0.15) is 5.10 Å². The fraction of sp³-hybridized carbons (Fsp3) is 0.435. The average Bonchev–Trinajstić information content (AvgIpc) is 3.48. The molecule has 2 N–H and O–H groups in total. The minimum Gasteiger partial charge on any atom is -0.382 e. The quantitative estimate of drug-likeness (QED) is 0.503. The van der Waals surface area contributed by atoms with E-state index in [0.717, 1.165) is 35.3 Å². The third kappa shape index (κ3) is 4.91. The molecule has 0 spiro atoms. The predicted octanol–water partition coefficient (Wildman–Crippen LogP) is 3.60. The largest absolute Gasteiger partial charge is 0.382 e. The van der Waals surface area contributed by atoms with Gasteiger partial charge in [0.05, 0.1) is 29.1 Å². The molecule has 2 aliphatic rings. The number of hydrogen-bond acceptors (Lipinski definition) is 6. The number of aryl methyl sites for hydroxylation is 1. The molecule has 33 heavy (non-hydrogen) atoms. The van der Waals surface area contributed by atoms with Crippen LogP contribution in [0.4, 0.5) is 5.69 Å². The van der Waals surface area contributed by atoms with Crippen LogP contribution in [0.2, 0.25) is 0 Å². The van der Waals surface area contributed by atoms with Crippen molar-refractivity contribution >= 4 is 43.0 Å². The van der Waals surface area contributed by atoms with E-state index in [2.05, 4.69) is 36.6 Å². The lowest BCUT2D eigenvalue weighted by molar-refractivity contribution is 0.0950. The summed E-state index contributed by atoms with van der Waals surface area (Å²) < 4.78 is 25.8. The summed E-state index contributed by atoms with van der Waals surface area (Å²) in [5.74, 6) is 0.807. The summed E-state index contributed by atoms with van der Waals surface area (Å²) in [6.45, 7) is 2.63. The van der Waals surface area contributed by atoms with Crippen molar-refractivity contribution < 1.29 is 13.2 Å². The van der Waals surface area contributed by atoms with Crippen molar-refractivity contribution in [2.75, 3.05) is 23.4 Å². The standard InChI is InChI=1S/C23H26BrN5O3S/c1-14-10-16(2-5-18(14)23(30)27-17-3-4-17)20-13-26-22-19(11-21(24)28-29(20)22)25-12-15-6-8-33(31,32)9-7-15/h2,5,10-11,13,15,17,25H,3-4,6-9,12H2,1H3,(H,27,30). The van der Waals surface area contributed by atoms with Crippen LogP contribution in [0, 0.1) is 12.8 Å². The normalized spacial score (nSPS) is 18.4. The Balaban J connectivity index is 1.38. The summed E-state index contributed by atoms with van der Waals surface area (Å²) in [4.78, 5) is 17.1. The molecule has 0 bridgehead atoms. The van der Waals surface area contributed by atoms with Crippen molar-refractivity contribution in [1.29, 1.82) is 0 Å². The zero-order chi connectivity index (χ0) is 23.2. The first-order valence-electron chi connectivity index (χ1n) is 11.2. The van der Waals surface area contributed by atoms with Crippen LogP contribution in [0.25, 0.3) is 16.9 Å². The molecule has 3 aromatic rings. The van der Waals surface area contributed by atoms with Crippen LogP contribution in [-0.4, -0.2) is 53.0 Å². The molecule has 174 valence electrons. The van der Waals surface area contributed by atoms with E-state index >= 15 is 0 Å². The lowest BCUT2D eigenvalue weighted by Crippen LogP contribution is -2.27. The molecule has 0 unspecified atom stereocenters. The van der Waals surface area contributed by atoms with Crippen molar-refractivity contribution in [3.8, 4) is 11.3 Å². The number of nitrogens with one attached hydrogen (secondary N) is 2. The Kier molecular flexibility index (Phi) is 5.90. The van der Waals surface area contributed by atoms with Gasteiger partial charge < -0.3 is 10.6 Å². The van der Waals surface area contributed by atoms with Crippen molar-refractivity contribution in [2.45, 2.75) is 38.6 Å². The molecule has 1 aromatic carbocycles. The van der Waals surface area contributed by atoms with E-state index in [-0.39, 0.29) is 17.4 Å². The van der Waals surface area contributed by atoms with Gasteiger partial charge in [-0.05, 0) is 78.2 Å². The summed E-state index contributed by atoms with van der Waals surface area (Å²) in [6.07, 6.45) is 5.25. The number of halogens is 1. The molecule has 3 heterocycles. The third-order valence-electron chi connectivity index (χ3n) is 6.37. The fourth-order valence-electron chi connectivity index (χ4n) is 4.23. The highest BCUT2D eigenvalue weighted by molar-refractivity contribution is 9.10. The summed E-state index contributed by atoms with van der Waals surface area (Å²) in [5.41, 5.74) is 4.89. The maximum atomic E-state index is 12.5. The van der Waals surface area contributed by atoms with Crippen molar-refractivity contribution in [3.63, 3.8) is 0 Å². The number of anilines is 1. The summed E-state index contributed by atoms with van der Waals surface area (Å²) >= 11 is 3.50. The number of benzene rings is 1. The lowest BCUT2D eigenvalue weighted by Gasteiger charge is -2.22. The Labute approximate surface area is 201 Å². The zero-order valence-corrected chi connectivity index (χ0v) is 20.7. The predicted molar refractivity (Wildman–Crippen MR) is 131 cm³/mol. The van der Waals surface area contributed by atoms with E-state index < -0.39 is 9.84 Å². The Hall–Kier alpha value is -2.46. The first-order chi connectivity index (χ1) is 15.8. The second-order valence-electron chi connectivity index (χ2n) is 9.01. The Morgan fingerprint density at radius 1 is 1.18 bits per heavy atom. The number of carbonyl (C=O) groups is 1. The van der Waals surface area contributed by atoms with Gasteiger partial charge in [0, 0.05) is 23.7 Å². The van der Waals surface area contributed by atoms with E-state index in [4.69, 9.17) is 0 Å². The average molecular weight is 532 g/mol. The second kappa shape index (κ2) is 8.72. The van der Waals surface area contributed by atoms with E-state index in [1.54, 1.807) is 10.7 Å². The molecule has 1 aliphatic carbocycles. The van der Waals surface area contributed by atoms with Crippen LogP contribution in [0.5, 0.6) is 0 Å². The van der Waals surface area contributed by atoms with Gasteiger partial charge in [-0.3, -0.25) is 4.79 Å². The van der Waals surface area contributed by atoms with Gasteiger partial charge in [0.25, 0.3) is 5.91 Å². The third-order valence-corrected chi connectivity index (χ3v) is 8.48. The van der Waals surface area contributed by atoms with Gasteiger partial charge in [0.2, 0.25) is 0 Å². The first-order valence-corrected chi connectivity index (χ1v) is 13.8. The molecule has 1 saturated heterocycles. The smallest absolute Gasteiger partial charge is 0.251 e. The number of rotatable bonds is 6. The van der Waals surface area contributed by atoms with Gasteiger partial charge in [0.1, 0.15) is 14.4 Å². The molecule has 8 nitrogen and oxygen atoms in total. The highest BCUT2D eigenvalue weighted by Crippen LogP contribution is 2.29. The Bertz CT molecular complexity index is 1320. The molecule has 2 aromatic heterocycles. The van der Waals surface area contributed by atoms with Crippen molar-refractivity contribution in [1.82, 2.24) is 19.9 Å². The van der Waals surface area contributed by atoms with Crippen molar-refractivity contribution in [2.24, 2.45) is 5.92 Å². The maximum Gasteiger partial charge on any atom is 0.251 e. The zero-order valence-electron chi connectivity index (χ0n) is 18.3. The number of imidazole rings is 1. The Morgan fingerprint density at radius 3 is 2.64 bits per heavy atom. The molecule has 2 fully saturated rings. The van der Waals surface area contributed by atoms with E-state index in [1.807, 2.05) is 31.2 Å². The minimum absolute atomic E-state index is 0.0254. The molecular weight excluding hydrogens is 506 g/mol. The van der Waals surface area contributed by atoms with E-state index in [9.17, 15) is 13.2 Å². The molecule has 0 radical (unpaired) electrons. The number of nitrogens with zero attached hydrogens (tertiary/aromatic N) is 3. The number of aromatic nitrogens is 3. The maximum absolute atomic E-state index is 12.5. The topological polar surface area (TPSA) is 105 Å². The fourth-order valence-corrected chi connectivity index (χ4v) is 6.21. The number of sulfone groups is 1. The van der Waals surface area contributed by atoms with Crippen LogP contribution in [0.3, 0.4) is 0 Å². The van der Waals surface area contributed by atoms with E-state index in [0.29, 0.717) is 47.2 Å². The van der Waals surface area contributed by atoms with Gasteiger partial charge in [-0.15, -0.1) is 0 Å². The van der Waals surface area contributed by atoms with Crippen molar-refractivity contribution in [3.05, 3.63) is 46.2 Å². The van der Waals surface area contributed by atoms with Crippen LogP contribution in [0.1, 0.15) is 41.6 Å². The highest BCUT2D eigenvalue weighted by atomic mass is 79.9. The number of carbonyl (C=O) groups excluding carboxylic acids is 1. The van der Waals surface area contributed by atoms with Gasteiger partial charge >= 0.3 is 0 Å². The SMILES string of the molecule is Cc1cc(-c2cnc3c(NCC4CCS(=O)(=O)CC4)cc(Br)nn23)ccc1C(=O)NC1CC1. The van der Waals surface area contributed by atoms with Crippen LogP contribution in [-0.2, 0) is 9.84 Å².